The molecule has 4 heteroatoms. The lowest BCUT2D eigenvalue weighted by Gasteiger charge is -2.26. The average Bonchev–Trinajstić information content (AvgIpc) is 3.00. The van der Waals surface area contributed by atoms with Crippen LogP contribution in [0.5, 0.6) is 0 Å². The zero-order valence-corrected chi connectivity index (χ0v) is 12.8. The molecule has 1 fully saturated rings. The molecule has 2 rings (SSSR count). The summed E-state index contributed by atoms with van der Waals surface area (Å²) in [6.45, 7) is 1.39. The van der Waals surface area contributed by atoms with Crippen molar-refractivity contribution in [2.75, 3.05) is 27.2 Å². The zero-order valence-electron chi connectivity index (χ0n) is 12.0. The number of rotatable bonds is 7. The van der Waals surface area contributed by atoms with Crippen LogP contribution in [0.1, 0.15) is 36.6 Å². The van der Waals surface area contributed by atoms with Gasteiger partial charge in [-0.05, 0) is 44.3 Å². The van der Waals surface area contributed by atoms with E-state index in [4.69, 9.17) is 0 Å². The van der Waals surface area contributed by atoms with Crippen molar-refractivity contribution in [1.29, 1.82) is 0 Å². The van der Waals surface area contributed by atoms with Gasteiger partial charge in [0.15, 0.2) is 0 Å². The van der Waals surface area contributed by atoms with Crippen molar-refractivity contribution in [3.05, 3.63) is 22.4 Å². The predicted octanol–water partition coefficient (Wildman–Crippen LogP) is 2.49. The number of nitrogens with zero attached hydrogens (tertiary/aromatic N) is 1. The Balaban J connectivity index is 1.91. The SMILES string of the molecule is CN(C)CC(O)CNC(c1cccs1)C1CCCC1. The van der Waals surface area contributed by atoms with E-state index in [0.717, 1.165) is 12.5 Å². The third kappa shape index (κ3) is 4.56. The Hall–Kier alpha value is -0.420. The van der Waals surface area contributed by atoms with E-state index in [0.29, 0.717) is 12.6 Å². The highest BCUT2D eigenvalue weighted by molar-refractivity contribution is 7.10. The van der Waals surface area contributed by atoms with Crippen LogP contribution in [-0.4, -0.2) is 43.3 Å². The summed E-state index contributed by atoms with van der Waals surface area (Å²) in [6, 6.07) is 4.78. The normalized spacial score (nSPS) is 20.0. The van der Waals surface area contributed by atoms with Gasteiger partial charge in [0, 0.05) is 24.0 Å². The first-order valence-corrected chi connectivity index (χ1v) is 8.14. The number of aliphatic hydroxyl groups excluding tert-OH is 1. The van der Waals surface area contributed by atoms with Crippen LogP contribution in [0.4, 0.5) is 0 Å². The zero-order chi connectivity index (χ0) is 13.7. The summed E-state index contributed by atoms with van der Waals surface area (Å²) in [4.78, 5) is 3.45. The molecule has 1 aromatic heterocycles. The second-order valence-corrected chi connectivity index (χ2v) is 6.84. The molecule has 1 heterocycles. The van der Waals surface area contributed by atoms with Crippen molar-refractivity contribution < 1.29 is 5.11 Å². The summed E-state index contributed by atoms with van der Waals surface area (Å²) in [7, 11) is 3.99. The van der Waals surface area contributed by atoms with Crippen molar-refractivity contribution in [2.45, 2.75) is 37.8 Å². The molecule has 1 aliphatic rings. The first-order chi connectivity index (χ1) is 9.16. The van der Waals surface area contributed by atoms with Gasteiger partial charge in [-0.25, -0.2) is 0 Å². The maximum atomic E-state index is 10.0. The Bertz CT molecular complexity index is 347. The van der Waals surface area contributed by atoms with Crippen LogP contribution in [0, 0.1) is 5.92 Å². The molecule has 2 N–H and O–H groups in total. The van der Waals surface area contributed by atoms with E-state index in [1.54, 1.807) is 0 Å². The van der Waals surface area contributed by atoms with Gasteiger partial charge in [0.1, 0.15) is 0 Å². The van der Waals surface area contributed by atoms with Gasteiger partial charge in [-0.15, -0.1) is 11.3 Å². The number of hydrogen-bond acceptors (Lipinski definition) is 4. The molecule has 0 aliphatic heterocycles. The Kier molecular flexibility index (Phi) is 5.82. The summed E-state index contributed by atoms with van der Waals surface area (Å²) in [5, 5.41) is 15.8. The second-order valence-electron chi connectivity index (χ2n) is 5.86. The maximum absolute atomic E-state index is 10.0. The van der Waals surface area contributed by atoms with Gasteiger partial charge in [0.2, 0.25) is 0 Å². The van der Waals surface area contributed by atoms with Gasteiger partial charge >= 0.3 is 0 Å². The number of aliphatic hydroxyl groups is 1. The standard InChI is InChI=1S/C15H26N2OS/c1-17(2)11-13(18)10-16-15(12-6-3-4-7-12)14-8-5-9-19-14/h5,8-9,12-13,15-16,18H,3-4,6-7,10-11H2,1-2H3. The third-order valence-electron chi connectivity index (χ3n) is 3.87. The van der Waals surface area contributed by atoms with Crippen molar-refractivity contribution in [2.24, 2.45) is 5.92 Å². The number of thiophene rings is 1. The van der Waals surface area contributed by atoms with E-state index >= 15 is 0 Å². The molecular formula is C15H26N2OS. The molecular weight excluding hydrogens is 256 g/mol. The summed E-state index contributed by atoms with van der Waals surface area (Å²) in [5.41, 5.74) is 0. The lowest BCUT2D eigenvalue weighted by molar-refractivity contribution is 0.128. The summed E-state index contributed by atoms with van der Waals surface area (Å²) < 4.78 is 0. The fourth-order valence-electron chi connectivity index (χ4n) is 3.01. The third-order valence-corrected chi connectivity index (χ3v) is 4.83. The molecule has 1 aromatic rings. The van der Waals surface area contributed by atoms with Crippen LogP contribution in [0.25, 0.3) is 0 Å². The van der Waals surface area contributed by atoms with Gasteiger partial charge in [0.25, 0.3) is 0 Å². The number of hydrogen-bond donors (Lipinski definition) is 2. The quantitative estimate of drug-likeness (QED) is 0.806. The largest absolute Gasteiger partial charge is 0.390 e. The molecule has 0 bridgehead atoms. The predicted molar refractivity (Wildman–Crippen MR) is 81.6 cm³/mol. The Morgan fingerprint density at radius 2 is 2.16 bits per heavy atom. The van der Waals surface area contributed by atoms with Crippen molar-refractivity contribution in [3.63, 3.8) is 0 Å². The van der Waals surface area contributed by atoms with E-state index in [-0.39, 0.29) is 6.10 Å². The molecule has 2 unspecified atom stereocenters. The van der Waals surface area contributed by atoms with E-state index in [2.05, 4.69) is 22.8 Å². The van der Waals surface area contributed by atoms with E-state index < -0.39 is 0 Å². The Morgan fingerprint density at radius 3 is 2.74 bits per heavy atom. The lowest BCUT2D eigenvalue weighted by atomic mass is 9.96. The van der Waals surface area contributed by atoms with Crippen LogP contribution in [-0.2, 0) is 0 Å². The molecule has 0 aromatic carbocycles. The van der Waals surface area contributed by atoms with E-state index in [1.165, 1.54) is 30.6 Å². The van der Waals surface area contributed by atoms with Gasteiger partial charge in [-0.3, -0.25) is 0 Å². The van der Waals surface area contributed by atoms with Crippen LogP contribution < -0.4 is 5.32 Å². The van der Waals surface area contributed by atoms with E-state index in [9.17, 15) is 5.11 Å². The first-order valence-electron chi connectivity index (χ1n) is 7.26. The van der Waals surface area contributed by atoms with E-state index in [1.807, 2.05) is 30.3 Å². The highest BCUT2D eigenvalue weighted by Gasteiger charge is 2.27. The van der Waals surface area contributed by atoms with Crippen molar-refractivity contribution >= 4 is 11.3 Å². The maximum Gasteiger partial charge on any atom is 0.0791 e. The minimum absolute atomic E-state index is 0.293. The fraction of sp³-hybridized carbons (Fsp3) is 0.733. The molecule has 108 valence electrons. The molecule has 0 radical (unpaired) electrons. The van der Waals surface area contributed by atoms with Gasteiger partial charge in [-0.2, -0.15) is 0 Å². The molecule has 1 aliphatic carbocycles. The van der Waals surface area contributed by atoms with Crippen LogP contribution in [0.3, 0.4) is 0 Å². The van der Waals surface area contributed by atoms with Gasteiger partial charge in [-0.1, -0.05) is 18.9 Å². The lowest BCUT2D eigenvalue weighted by Crippen LogP contribution is -2.38. The first kappa shape index (κ1) is 15.0. The molecule has 0 spiro atoms. The highest BCUT2D eigenvalue weighted by Crippen LogP contribution is 2.37. The van der Waals surface area contributed by atoms with Crippen LogP contribution in [0.2, 0.25) is 0 Å². The van der Waals surface area contributed by atoms with Crippen LogP contribution >= 0.6 is 11.3 Å². The van der Waals surface area contributed by atoms with Crippen LogP contribution in [0.15, 0.2) is 17.5 Å². The minimum Gasteiger partial charge on any atom is -0.390 e. The topological polar surface area (TPSA) is 35.5 Å². The fourth-order valence-corrected chi connectivity index (χ4v) is 3.90. The number of nitrogens with one attached hydrogen (secondary N) is 1. The molecule has 2 atom stereocenters. The highest BCUT2D eigenvalue weighted by atomic mass is 32.1. The molecule has 1 saturated carbocycles. The molecule has 19 heavy (non-hydrogen) atoms. The monoisotopic (exact) mass is 282 g/mol. The van der Waals surface area contributed by atoms with Crippen molar-refractivity contribution in [3.8, 4) is 0 Å². The van der Waals surface area contributed by atoms with Gasteiger partial charge < -0.3 is 15.3 Å². The summed E-state index contributed by atoms with van der Waals surface area (Å²) >= 11 is 1.83. The molecule has 3 nitrogen and oxygen atoms in total. The summed E-state index contributed by atoms with van der Waals surface area (Å²) in [5.74, 6) is 0.741. The van der Waals surface area contributed by atoms with Gasteiger partial charge in [0.05, 0.1) is 6.10 Å². The molecule has 0 amide bonds. The Labute approximate surface area is 120 Å². The number of likely N-dealkylation sites (N-methyl/N-ethyl adjacent to an activating group) is 1. The smallest absolute Gasteiger partial charge is 0.0791 e. The average molecular weight is 282 g/mol. The Morgan fingerprint density at radius 1 is 1.42 bits per heavy atom. The summed E-state index contributed by atoms with van der Waals surface area (Å²) in [6.07, 6.45) is 5.06. The minimum atomic E-state index is -0.293. The second kappa shape index (κ2) is 7.39. The molecule has 0 saturated heterocycles. The van der Waals surface area contributed by atoms with Crippen molar-refractivity contribution in [1.82, 2.24) is 10.2 Å².